The van der Waals surface area contributed by atoms with Crippen molar-refractivity contribution >= 4 is 0 Å². The van der Waals surface area contributed by atoms with Crippen molar-refractivity contribution in [3.63, 3.8) is 0 Å². The van der Waals surface area contributed by atoms with Crippen LogP contribution in [0.25, 0.3) is 0 Å². The molecule has 0 aromatic carbocycles. The average Bonchev–Trinajstić information content (AvgIpc) is 2.58. The fourth-order valence-electron chi connectivity index (χ4n) is 0.902. The van der Waals surface area contributed by atoms with Crippen LogP contribution in [0.2, 0.25) is 0 Å². The lowest BCUT2D eigenvalue weighted by Gasteiger charge is -2.10. The monoisotopic (exact) mass is 149 g/mol. The summed E-state index contributed by atoms with van der Waals surface area (Å²) in [5.41, 5.74) is 0.797. The Kier molecular flexibility index (Phi) is 1.44. The number of ether oxygens (including phenoxy) is 1. The molecular formula is C7H7N3O. The van der Waals surface area contributed by atoms with E-state index in [2.05, 4.69) is 15.4 Å². The maximum atomic E-state index is 5.23. The third kappa shape index (κ3) is 1.14. The van der Waals surface area contributed by atoms with Gasteiger partial charge in [-0.05, 0) is 12.2 Å². The van der Waals surface area contributed by atoms with E-state index in [4.69, 9.17) is 4.74 Å². The molecule has 1 aliphatic heterocycles. The number of H-pyrrole nitrogens is 1. The van der Waals surface area contributed by atoms with Gasteiger partial charge < -0.3 is 4.74 Å². The van der Waals surface area contributed by atoms with Crippen LogP contribution in [0.5, 0.6) is 0 Å². The van der Waals surface area contributed by atoms with Crippen LogP contribution in [-0.2, 0) is 4.74 Å². The lowest BCUT2D eigenvalue weighted by Crippen LogP contribution is -1.99. The minimum absolute atomic E-state index is 0.0845. The van der Waals surface area contributed by atoms with Gasteiger partial charge >= 0.3 is 0 Å². The van der Waals surface area contributed by atoms with Gasteiger partial charge in [0.15, 0.2) is 6.10 Å². The largest absolute Gasteiger partial charge is 0.487 e. The summed E-state index contributed by atoms with van der Waals surface area (Å²) in [5.74, 6) is 0. The van der Waals surface area contributed by atoms with Crippen LogP contribution in [0, 0.1) is 0 Å². The number of aromatic nitrogens is 3. The van der Waals surface area contributed by atoms with E-state index in [-0.39, 0.29) is 6.10 Å². The molecule has 0 spiro atoms. The average molecular weight is 149 g/mol. The van der Waals surface area contributed by atoms with Crippen molar-refractivity contribution in [2.24, 2.45) is 0 Å². The Morgan fingerprint density at radius 1 is 1.45 bits per heavy atom. The highest BCUT2D eigenvalue weighted by molar-refractivity contribution is 5.14. The normalized spacial score (nSPS) is 21.6. The molecule has 0 saturated heterocycles. The van der Waals surface area contributed by atoms with E-state index in [1.807, 2.05) is 18.2 Å². The van der Waals surface area contributed by atoms with Gasteiger partial charge in [0.2, 0.25) is 0 Å². The smallest absolute Gasteiger partial charge is 0.162 e. The highest BCUT2D eigenvalue weighted by atomic mass is 16.5. The molecule has 1 N–H and O–H groups in total. The summed E-state index contributed by atoms with van der Waals surface area (Å²) < 4.78 is 5.23. The zero-order valence-electron chi connectivity index (χ0n) is 5.77. The Bertz CT molecular complexity index is 276. The number of hydrogen-bond acceptors (Lipinski definition) is 3. The summed E-state index contributed by atoms with van der Waals surface area (Å²) in [7, 11) is 0. The standard InChI is InChI=1S/C7H7N3O/c1-2-4-11-7(3-1)6-5-8-10-9-6/h1-5,7H,(H,8,9,10). The zero-order valence-corrected chi connectivity index (χ0v) is 5.77. The molecule has 1 aromatic rings. The number of hydrogen-bond donors (Lipinski definition) is 1. The van der Waals surface area contributed by atoms with Crippen LogP contribution in [0.3, 0.4) is 0 Å². The van der Waals surface area contributed by atoms with E-state index in [1.54, 1.807) is 12.5 Å². The molecule has 1 atom stereocenters. The first-order chi connectivity index (χ1) is 5.47. The fraction of sp³-hybridized carbons (Fsp3) is 0.143. The summed E-state index contributed by atoms with van der Waals surface area (Å²) in [5, 5.41) is 10.1. The lowest BCUT2D eigenvalue weighted by atomic mass is 10.2. The molecule has 0 fully saturated rings. The van der Waals surface area contributed by atoms with E-state index < -0.39 is 0 Å². The Hall–Kier alpha value is -1.58. The predicted octanol–water partition coefficient (Wildman–Crippen LogP) is 0.946. The summed E-state index contributed by atoms with van der Waals surface area (Å²) in [6, 6.07) is 0. The van der Waals surface area contributed by atoms with E-state index in [0.717, 1.165) is 5.69 Å². The summed E-state index contributed by atoms with van der Waals surface area (Å²) >= 11 is 0. The van der Waals surface area contributed by atoms with Crippen molar-refractivity contribution in [2.45, 2.75) is 6.10 Å². The van der Waals surface area contributed by atoms with Gasteiger partial charge in [0.1, 0.15) is 5.69 Å². The second-order valence-electron chi connectivity index (χ2n) is 2.16. The van der Waals surface area contributed by atoms with Crippen LogP contribution in [0.1, 0.15) is 11.8 Å². The molecule has 11 heavy (non-hydrogen) atoms. The van der Waals surface area contributed by atoms with Gasteiger partial charge in [-0.1, -0.05) is 6.08 Å². The molecule has 0 radical (unpaired) electrons. The lowest BCUT2D eigenvalue weighted by molar-refractivity contribution is 0.182. The fourth-order valence-corrected chi connectivity index (χ4v) is 0.902. The van der Waals surface area contributed by atoms with Gasteiger partial charge in [-0.25, -0.2) is 0 Å². The first kappa shape index (κ1) is 6.15. The quantitative estimate of drug-likeness (QED) is 0.646. The van der Waals surface area contributed by atoms with Crippen molar-refractivity contribution in [1.29, 1.82) is 0 Å². The summed E-state index contributed by atoms with van der Waals surface area (Å²) in [6.45, 7) is 0. The van der Waals surface area contributed by atoms with E-state index in [0.29, 0.717) is 0 Å². The Labute approximate surface area is 63.6 Å². The molecule has 0 bridgehead atoms. The summed E-state index contributed by atoms with van der Waals surface area (Å²) in [6.07, 6.45) is 8.86. The van der Waals surface area contributed by atoms with Gasteiger partial charge in [0, 0.05) is 0 Å². The molecule has 4 nitrogen and oxygen atoms in total. The topological polar surface area (TPSA) is 50.8 Å². The number of aromatic amines is 1. The van der Waals surface area contributed by atoms with Crippen LogP contribution >= 0.6 is 0 Å². The Morgan fingerprint density at radius 3 is 3.09 bits per heavy atom. The second-order valence-corrected chi connectivity index (χ2v) is 2.16. The number of nitrogens with one attached hydrogen (secondary N) is 1. The predicted molar refractivity (Wildman–Crippen MR) is 38.5 cm³/mol. The van der Waals surface area contributed by atoms with Crippen molar-refractivity contribution in [2.75, 3.05) is 0 Å². The minimum atomic E-state index is -0.0845. The maximum absolute atomic E-state index is 5.23. The highest BCUT2D eigenvalue weighted by Gasteiger charge is 2.11. The number of allylic oxidation sites excluding steroid dienone is 2. The maximum Gasteiger partial charge on any atom is 0.162 e. The molecule has 2 heterocycles. The van der Waals surface area contributed by atoms with E-state index >= 15 is 0 Å². The van der Waals surface area contributed by atoms with Crippen LogP contribution < -0.4 is 0 Å². The van der Waals surface area contributed by atoms with Gasteiger partial charge in [0.05, 0.1) is 12.5 Å². The molecule has 4 heteroatoms. The molecular weight excluding hydrogens is 142 g/mol. The minimum Gasteiger partial charge on any atom is -0.487 e. The molecule has 56 valence electrons. The molecule has 1 aliphatic rings. The Morgan fingerprint density at radius 2 is 2.45 bits per heavy atom. The molecule has 0 aliphatic carbocycles. The van der Waals surface area contributed by atoms with E-state index in [9.17, 15) is 0 Å². The summed E-state index contributed by atoms with van der Waals surface area (Å²) in [4.78, 5) is 0. The molecule has 2 rings (SSSR count). The third-order valence-electron chi connectivity index (χ3n) is 1.43. The van der Waals surface area contributed by atoms with Crippen molar-refractivity contribution in [3.8, 4) is 0 Å². The first-order valence-electron chi connectivity index (χ1n) is 3.31. The molecule has 0 saturated carbocycles. The van der Waals surface area contributed by atoms with Gasteiger partial charge in [-0.2, -0.15) is 15.4 Å². The van der Waals surface area contributed by atoms with Crippen LogP contribution in [0.4, 0.5) is 0 Å². The van der Waals surface area contributed by atoms with Crippen molar-refractivity contribution in [3.05, 3.63) is 36.4 Å². The van der Waals surface area contributed by atoms with Gasteiger partial charge in [0.25, 0.3) is 0 Å². The van der Waals surface area contributed by atoms with Crippen molar-refractivity contribution in [1.82, 2.24) is 15.4 Å². The van der Waals surface area contributed by atoms with Gasteiger partial charge in [-0.15, -0.1) is 0 Å². The number of rotatable bonds is 1. The van der Waals surface area contributed by atoms with Crippen LogP contribution in [0.15, 0.2) is 30.7 Å². The van der Waals surface area contributed by atoms with E-state index in [1.165, 1.54) is 0 Å². The second kappa shape index (κ2) is 2.57. The zero-order chi connectivity index (χ0) is 7.52. The number of nitrogens with zero attached hydrogens (tertiary/aromatic N) is 2. The molecule has 0 amide bonds. The van der Waals surface area contributed by atoms with Gasteiger partial charge in [-0.3, -0.25) is 0 Å². The molecule has 1 aromatic heterocycles. The van der Waals surface area contributed by atoms with Crippen molar-refractivity contribution < 1.29 is 4.74 Å². The third-order valence-corrected chi connectivity index (χ3v) is 1.43. The SMILES string of the molecule is C1=COC(c2cn[nH]n2)C=C1. The Balaban J connectivity index is 2.19. The molecule has 1 unspecified atom stereocenters. The first-order valence-corrected chi connectivity index (χ1v) is 3.31. The highest BCUT2D eigenvalue weighted by Crippen LogP contribution is 2.17. The van der Waals surface area contributed by atoms with Crippen LogP contribution in [-0.4, -0.2) is 15.4 Å².